The smallest absolute Gasteiger partial charge is 0.475 e. The highest BCUT2D eigenvalue weighted by Crippen LogP contribution is 2.15. The van der Waals surface area contributed by atoms with Crippen LogP contribution in [0.3, 0.4) is 0 Å². The van der Waals surface area contributed by atoms with E-state index in [-0.39, 0.29) is 5.91 Å². The number of likely N-dealkylation sites (tertiary alicyclic amines) is 1. The summed E-state index contributed by atoms with van der Waals surface area (Å²) in [6.07, 6.45) is -6.55. The van der Waals surface area contributed by atoms with Gasteiger partial charge in [-0.05, 0) is 51.0 Å². The van der Waals surface area contributed by atoms with Gasteiger partial charge >= 0.3 is 24.3 Å². The second-order valence-corrected chi connectivity index (χ2v) is 7.82. The maximum atomic E-state index is 12.0. The third-order valence-electron chi connectivity index (χ3n) is 4.57. The lowest BCUT2D eigenvalue weighted by atomic mass is 10.0. The molecular formula is C21H28ClF6N3O5. The van der Waals surface area contributed by atoms with Crippen molar-refractivity contribution in [2.45, 2.75) is 44.6 Å². The van der Waals surface area contributed by atoms with Crippen molar-refractivity contribution in [2.75, 3.05) is 32.7 Å². The van der Waals surface area contributed by atoms with E-state index < -0.39 is 24.3 Å². The van der Waals surface area contributed by atoms with E-state index in [1.54, 1.807) is 12.1 Å². The molecule has 1 heterocycles. The van der Waals surface area contributed by atoms with Gasteiger partial charge in [0.05, 0.1) is 10.6 Å². The molecule has 0 aromatic heterocycles. The highest BCUT2D eigenvalue weighted by atomic mass is 35.5. The van der Waals surface area contributed by atoms with Gasteiger partial charge in [0.15, 0.2) is 0 Å². The number of hydrogen-bond donors (Lipinski definition) is 4. The van der Waals surface area contributed by atoms with Crippen molar-refractivity contribution in [1.82, 2.24) is 15.5 Å². The second kappa shape index (κ2) is 16.2. The molecule has 0 unspecified atom stereocenters. The summed E-state index contributed by atoms with van der Waals surface area (Å²) in [4.78, 5) is 32.3. The van der Waals surface area contributed by atoms with Crippen LogP contribution in [0.1, 0.15) is 36.5 Å². The molecule has 0 atom stereocenters. The molecule has 15 heteroatoms. The van der Waals surface area contributed by atoms with E-state index in [0.717, 1.165) is 6.54 Å². The number of nitrogens with zero attached hydrogens (tertiary/aromatic N) is 1. The van der Waals surface area contributed by atoms with Gasteiger partial charge < -0.3 is 25.7 Å². The molecule has 0 spiro atoms. The minimum Gasteiger partial charge on any atom is -0.475 e. The van der Waals surface area contributed by atoms with E-state index in [0.29, 0.717) is 23.2 Å². The van der Waals surface area contributed by atoms with Crippen LogP contribution in [0.5, 0.6) is 0 Å². The van der Waals surface area contributed by atoms with Gasteiger partial charge in [-0.3, -0.25) is 4.79 Å². The quantitative estimate of drug-likeness (QED) is 0.301. The van der Waals surface area contributed by atoms with Crippen LogP contribution in [-0.2, 0) is 9.59 Å². The molecule has 1 amide bonds. The number of carbonyl (C=O) groups excluding carboxylic acids is 1. The molecule has 2 rings (SSSR count). The van der Waals surface area contributed by atoms with Gasteiger partial charge in [-0.25, -0.2) is 9.59 Å². The number of nitrogens with one attached hydrogen (secondary N) is 2. The Morgan fingerprint density at radius 1 is 0.972 bits per heavy atom. The van der Waals surface area contributed by atoms with Crippen LogP contribution in [0.25, 0.3) is 0 Å². The Balaban J connectivity index is 0.000000720. The van der Waals surface area contributed by atoms with E-state index >= 15 is 0 Å². The topological polar surface area (TPSA) is 119 Å². The molecule has 1 aromatic carbocycles. The fourth-order valence-electron chi connectivity index (χ4n) is 2.87. The standard InChI is InChI=1S/C17H26ClN3O.2C2HF3O2/c1-2-11-21-12-7-14(8-13-21)19-9-10-20-17(22)15-5-3-4-6-16(15)18;2*3-2(4,5)1(6)7/h3-6,14,19H,2,7-13H2,1H3,(H,20,22);2*(H,6,7). The molecule has 1 fully saturated rings. The number of halogens is 7. The minimum absolute atomic E-state index is 0.106. The summed E-state index contributed by atoms with van der Waals surface area (Å²) >= 11 is 6.01. The number of hydrogen-bond acceptors (Lipinski definition) is 5. The van der Waals surface area contributed by atoms with Crippen LogP contribution in [-0.4, -0.2) is 84.1 Å². The Kier molecular flexibility index (Phi) is 15.1. The van der Waals surface area contributed by atoms with Gasteiger partial charge in [-0.2, -0.15) is 26.3 Å². The predicted octanol–water partition coefficient (Wildman–Crippen LogP) is 3.80. The van der Waals surface area contributed by atoms with Crippen LogP contribution in [0, 0.1) is 0 Å². The third-order valence-corrected chi connectivity index (χ3v) is 4.90. The first kappa shape index (κ1) is 33.4. The van der Waals surface area contributed by atoms with Crippen LogP contribution < -0.4 is 10.6 Å². The maximum Gasteiger partial charge on any atom is 0.490 e. The molecule has 0 aliphatic carbocycles. The Labute approximate surface area is 208 Å². The monoisotopic (exact) mass is 551 g/mol. The Bertz CT molecular complexity index is 807. The van der Waals surface area contributed by atoms with Gasteiger partial charge in [0.2, 0.25) is 0 Å². The van der Waals surface area contributed by atoms with Crippen molar-refractivity contribution in [3.05, 3.63) is 34.9 Å². The Morgan fingerprint density at radius 2 is 1.44 bits per heavy atom. The number of rotatable bonds is 7. The predicted molar refractivity (Wildman–Crippen MR) is 119 cm³/mol. The van der Waals surface area contributed by atoms with E-state index in [4.69, 9.17) is 31.4 Å². The summed E-state index contributed by atoms with van der Waals surface area (Å²) in [5, 5.41) is 21.2. The first-order valence-electron chi connectivity index (χ1n) is 10.7. The Morgan fingerprint density at radius 3 is 1.86 bits per heavy atom. The van der Waals surface area contributed by atoms with Gasteiger partial charge in [-0.15, -0.1) is 0 Å². The van der Waals surface area contributed by atoms with E-state index in [1.165, 1.54) is 38.9 Å². The number of aliphatic carboxylic acids is 2. The largest absolute Gasteiger partial charge is 0.490 e. The average Bonchev–Trinajstić information content (AvgIpc) is 2.78. The van der Waals surface area contributed by atoms with Crippen molar-refractivity contribution in [3.8, 4) is 0 Å². The fourth-order valence-corrected chi connectivity index (χ4v) is 3.09. The summed E-state index contributed by atoms with van der Waals surface area (Å²) < 4.78 is 63.5. The zero-order valence-electron chi connectivity index (χ0n) is 19.3. The first-order valence-corrected chi connectivity index (χ1v) is 11.1. The van der Waals surface area contributed by atoms with Crippen LogP contribution in [0.15, 0.2) is 24.3 Å². The summed E-state index contributed by atoms with van der Waals surface area (Å²) in [6, 6.07) is 7.70. The van der Waals surface area contributed by atoms with E-state index in [9.17, 15) is 31.1 Å². The molecule has 1 aliphatic heterocycles. The van der Waals surface area contributed by atoms with Crippen LogP contribution >= 0.6 is 11.6 Å². The molecule has 1 aromatic rings. The molecule has 0 radical (unpaired) electrons. The number of carbonyl (C=O) groups is 3. The highest BCUT2D eigenvalue weighted by molar-refractivity contribution is 6.33. The number of carboxylic acid groups (broad SMARTS) is 2. The molecule has 36 heavy (non-hydrogen) atoms. The van der Waals surface area contributed by atoms with Gasteiger partial charge in [0, 0.05) is 19.1 Å². The lowest BCUT2D eigenvalue weighted by molar-refractivity contribution is -0.193. The van der Waals surface area contributed by atoms with Gasteiger partial charge in [-0.1, -0.05) is 30.7 Å². The maximum absolute atomic E-state index is 12.0. The summed E-state index contributed by atoms with van der Waals surface area (Å²) in [7, 11) is 0. The third kappa shape index (κ3) is 14.7. The van der Waals surface area contributed by atoms with Gasteiger partial charge in [0.25, 0.3) is 5.91 Å². The molecule has 4 N–H and O–H groups in total. The molecule has 8 nitrogen and oxygen atoms in total. The van der Waals surface area contributed by atoms with Crippen LogP contribution in [0.2, 0.25) is 5.02 Å². The van der Waals surface area contributed by atoms with Gasteiger partial charge in [0.1, 0.15) is 0 Å². The minimum atomic E-state index is -5.08. The fraction of sp³-hybridized carbons (Fsp3) is 0.571. The van der Waals surface area contributed by atoms with Crippen molar-refractivity contribution < 1.29 is 50.9 Å². The van der Waals surface area contributed by atoms with Crippen molar-refractivity contribution >= 4 is 29.4 Å². The normalized spacial score (nSPS) is 14.6. The molecular weight excluding hydrogens is 524 g/mol. The van der Waals surface area contributed by atoms with E-state index in [2.05, 4.69) is 22.5 Å². The van der Waals surface area contributed by atoms with Crippen LogP contribution in [0.4, 0.5) is 26.3 Å². The highest BCUT2D eigenvalue weighted by Gasteiger charge is 2.38. The first-order chi connectivity index (χ1) is 16.6. The zero-order valence-corrected chi connectivity index (χ0v) is 20.0. The van der Waals surface area contributed by atoms with Crippen molar-refractivity contribution in [3.63, 3.8) is 0 Å². The molecule has 0 bridgehead atoms. The number of alkyl halides is 6. The van der Waals surface area contributed by atoms with Crippen molar-refractivity contribution in [1.29, 1.82) is 0 Å². The number of carboxylic acids is 2. The second-order valence-electron chi connectivity index (χ2n) is 7.41. The summed E-state index contributed by atoms with van der Waals surface area (Å²) in [6.45, 7) is 7.22. The average molecular weight is 552 g/mol. The SMILES string of the molecule is CCCN1CCC(NCCNC(=O)c2ccccc2Cl)CC1.O=C(O)C(F)(F)F.O=C(O)C(F)(F)F. The molecule has 1 aliphatic rings. The number of amides is 1. The molecule has 206 valence electrons. The lowest BCUT2D eigenvalue weighted by Crippen LogP contribution is -2.44. The number of piperidine rings is 1. The summed E-state index contributed by atoms with van der Waals surface area (Å²) in [5.41, 5.74) is 0.539. The summed E-state index contributed by atoms with van der Waals surface area (Å²) in [5.74, 6) is -5.62. The van der Waals surface area contributed by atoms with E-state index in [1.807, 2.05) is 12.1 Å². The molecule has 1 saturated heterocycles. The lowest BCUT2D eigenvalue weighted by Gasteiger charge is -2.32. The van der Waals surface area contributed by atoms with Crippen molar-refractivity contribution in [2.24, 2.45) is 0 Å². The molecule has 0 saturated carbocycles. The Hall–Kier alpha value is -2.58. The zero-order chi connectivity index (χ0) is 27.9. The number of benzene rings is 1.